The first-order valence-electron chi connectivity index (χ1n) is 8.18. The third-order valence-corrected chi connectivity index (χ3v) is 5.38. The number of carbonyl (C=O) groups is 4. The van der Waals surface area contributed by atoms with Gasteiger partial charge in [-0.2, -0.15) is 0 Å². The van der Waals surface area contributed by atoms with Crippen LogP contribution in [0.3, 0.4) is 0 Å². The van der Waals surface area contributed by atoms with Crippen LogP contribution in [0.15, 0.2) is 0 Å². The predicted molar refractivity (Wildman–Crippen MR) is 118 cm³/mol. The molecule has 0 aromatic heterocycles. The number of esters is 3. The molecule has 0 aliphatic heterocycles. The summed E-state index contributed by atoms with van der Waals surface area (Å²) in [5.41, 5.74) is 0. The Balaban J connectivity index is 3.10. The molecule has 8 nitrogen and oxygen atoms in total. The van der Waals surface area contributed by atoms with E-state index < -0.39 is 59.9 Å². The van der Waals surface area contributed by atoms with Gasteiger partial charge in [0.2, 0.25) is 0 Å². The Labute approximate surface area is 198 Å². The summed E-state index contributed by atoms with van der Waals surface area (Å²) in [6, 6.07) is 0. The fourth-order valence-electron chi connectivity index (χ4n) is 2.53. The first-order valence-corrected chi connectivity index (χ1v) is 11.9. The lowest BCUT2D eigenvalue weighted by Crippen LogP contribution is -2.55. The molecule has 0 radical (unpaired) electrons. The molecule has 1 aliphatic carbocycles. The standard InChI is InChI=1S/C16H21I3O8/c1-6(17)14(22)25-9-4-10(26-15(23)7(2)18)12(13(20)21)11(5-9)27-16(24)8(3)19/h6-12H,4-5H2,1-3H3,(H,20,21)/p-1. The summed E-state index contributed by atoms with van der Waals surface area (Å²) in [7, 11) is 0. The Morgan fingerprint density at radius 3 is 1.41 bits per heavy atom. The maximum absolute atomic E-state index is 12.0. The van der Waals surface area contributed by atoms with Crippen molar-refractivity contribution < 1.29 is 38.5 Å². The molecule has 1 fully saturated rings. The van der Waals surface area contributed by atoms with Crippen molar-refractivity contribution >= 4 is 91.6 Å². The number of hydrogen-bond donors (Lipinski definition) is 0. The number of hydrogen-bond acceptors (Lipinski definition) is 8. The molecular weight excluding hydrogens is 701 g/mol. The van der Waals surface area contributed by atoms with E-state index in [1.54, 1.807) is 20.8 Å². The molecule has 5 unspecified atom stereocenters. The summed E-state index contributed by atoms with van der Waals surface area (Å²) in [6.45, 7) is 4.86. The van der Waals surface area contributed by atoms with Crippen LogP contribution in [0, 0.1) is 5.92 Å². The fraction of sp³-hybridized carbons (Fsp3) is 0.750. The lowest BCUT2D eigenvalue weighted by molar-refractivity contribution is -0.319. The highest BCUT2D eigenvalue weighted by Gasteiger charge is 2.45. The molecule has 0 amide bonds. The molecule has 0 bridgehead atoms. The minimum Gasteiger partial charge on any atom is -0.550 e. The lowest BCUT2D eigenvalue weighted by atomic mass is 9.82. The Morgan fingerprint density at radius 1 is 0.778 bits per heavy atom. The van der Waals surface area contributed by atoms with E-state index in [2.05, 4.69) is 0 Å². The van der Waals surface area contributed by atoms with E-state index in [1.807, 2.05) is 67.8 Å². The molecule has 0 aromatic carbocycles. The van der Waals surface area contributed by atoms with Gasteiger partial charge < -0.3 is 24.1 Å². The van der Waals surface area contributed by atoms with Gasteiger partial charge in [0.15, 0.2) is 0 Å². The molecule has 0 spiro atoms. The van der Waals surface area contributed by atoms with E-state index in [9.17, 15) is 24.3 Å². The van der Waals surface area contributed by atoms with Crippen LogP contribution in [0.1, 0.15) is 33.6 Å². The number of halogens is 3. The van der Waals surface area contributed by atoms with E-state index in [-0.39, 0.29) is 12.8 Å². The van der Waals surface area contributed by atoms with Gasteiger partial charge >= 0.3 is 17.9 Å². The molecule has 0 saturated heterocycles. The molecule has 27 heavy (non-hydrogen) atoms. The van der Waals surface area contributed by atoms with Crippen LogP contribution in [0.25, 0.3) is 0 Å². The van der Waals surface area contributed by atoms with Crippen molar-refractivity contribution in [1.82, 2.24) is 0 Å². The van der Waals surface area contributed by atoms with Crippen LogP contribution in [-0.2, 0) is 33.4 Å². The van der Waals surface area contributed by atoms with E-state index in [0.29, 0.717) is 0 Å². The number of ether oxygens (including phenoxy) is 3. The topological polar surface area (TPSA) is 119 Å². The van der Waals surface area contributed by atoms with E-state index >= 15 is 0 Å². The Hall–Kier alpha value is 0.0700. The van der Waals surface area contributed by atoms with Gasteiger partial charge in [-0.25, -0.2) is 0 Å². The zero-order valence-corrected chi connectivity index (χ0v) is 21.3. The third kappa shape index (κ3) is 7.78. The first kappa shape index (κ1) is 25.1. The van der Waals surface area contributed by atoms with Crippen LogP contribution in [0.5, 0.6) is 0 Å². The SMILES string of the molecule is CC(I)C(=O)OC1CC(OC(=O)C(C)I)C(C(=O)[O-])C(OC(=O)C(C)I)C1. The molecular formula is C16H20I3O8-. The van der Waals surface area contributed by atoms with Crippen LogP contribution >= 0.6 is 67.8 Å². The Morgan fingerprint density at radius 2 is 1.11 bits per heavy atom. The quantitative estimate of drug-likeness (QED) is 0.168. The van der Waals surface area contributed by atoms with Gasteiger partial charge in [-0.3, -0.25) is 14.4 Å². The maximum Gasteiger partial charge on any atom is 0.318 e. The zero-order valence-electron chi connectivity index (χ0n) is 14.9. The van der Waals surface area contributed by atoms with Crippen LogP contribution in [-0.4, -0.2) is 54.0 Å². The van der Waals surface area contributed by atoms with Gasteiger partial charge in [0.25, 0.3) is 0 Å². The average molecular weight is 721 g/mol. The molecule has 1 rings (SSSR count). The van der Waals surface area contributed by atoms with Gasteiger partial charge in [0.05, 0.1) is 11.9 Å². The molecule has 1 aliphatic rings. The van der Waals surface area contributed by atoms with Crippen molar-refractivity contribution in [1.29, 1.82) is 0 Å². The number of carboxylic acid groups (broad SMARTS) is 1. The normalized spacial score (nSPS) is 28.4. The first-order chi connectivity index (χ1) is 12.4. The van der Waals surface area contributed by atoms with Crippen molar-refractivity contribution in [2.75, 3.05) is 0 Å². The molecule has 5 atom stereocenters. The zero-order chi connectivity index (χ0) is 20.9. The Bertz CT molecular complexity index is 546. The van der Waals surface area contributed by atoms with Gasteiger partial charge in [-0.1, -0.05) is 67.8 Å². The van der Waals surface area contributed by atoms with Gasteiger partial charge in [0, 0.05) is 12.8 Å². The second-order valence-electron chi connectivity index (χ2n) is 6.17. The highest BCUT2D eigenvalue weighted by molar-refractivity contribution is 14.1. The summed E-state index contributed by atoms with van der Waals surface area (Å²) in [4.78, 5) is 47.6. The van der Waals surface area contributed by atoms with Gasteiger partial charge in [-0.05, 0) is 20.8 Å². The highest BCUT2D eigenvalue weighted by atomic mass is 127. The van der Waals surface area contributed by atoms with E-state index in [0.717, 1.165) is 0 Å². The fourth-order valence-corrected chi connectivity index (χ4v) is 2.97. The minimum atomic E-state index is -1.49. The van der Waals surface area contributed by atoms with Gasteiger partial charge in [0.1, 0.15) is 30.1 Å². The van der Waals surface area contributed by atoms with Crippen molar-refractivity contribution in [3.63, 3.8) is 0 Å². The Kier molecular flexibility index (Phi) is 10.5. The van der Waals surface area contributed by atoms with E-state index in [1.165, 1.54) is 0 Å². The second kappa shape index (κ2) is 11.3. The van der Waals surface area contributed by atoms with Crippen molar-refractivity contribution in [3.8, 4) is 0 Å². The minimum absolute atomic E-state index is 0.00329. The number of carbonyl (C=O) groups excluding carboxylic acids is 4. The van der Waals surface area contributed by atoms with Crippen LogP contribution in [0.2, 0.25) is 0 Å². The number of aliphatic carboxylic acids is 1. The highest BCUT2D eigenvalue weighted by Crippen LogP contribution is 2.33. The molecule has 0 N–H and O–H groups in total. The molecule has 11 heteroatoms. The monoisotopic (exact) mass is 721 g/mol. The molecule has 1 saturated carbocycles. The number of rotatable bonds is 7. The van der Waals surface area contributed by atoms with Crippen LogP contribution in [0.4, 0.5) is 0 Å². The summed E-state index contributed by atoms with van der Waals surface area (Å²) < 4.78 is 14.6. The summed E-state index contributed by atoms with van der Waals surface area (Å²) in [5, 5.41) is 11.7. The molecule has 0 aromatic rings. The smallest absolute Gasteiger partial charge is 0.318 e. The van der Waals surface area contributed by atoms with Crippen molar-refractivity contribution in [2.24, 2.45) is 5.92 Å². The molecule has 0 heterocycles. The van der Waals surface area contributed by atoms with Crippen molar-refractivity contribution in [2.45, 2.75) is 63.7 Å². The van der Waals surface area contributed by atoms with Gasteiger partial charge in [-0.15, -0.1) is 0 Å². The second-order valence-corrected chi connectivity index (χ2v) is 11.8. The van der Waals surface area contributed by atoms with E-state index in [4.69, 9.17) is 14.2 Å². The number of alkyl halides is 3. The summed E-state index contributed by atoms with van der Waals surface area (Å²) in [6.07, 6.45) is -3.00. The maximum atomic E-state index is 12.0. The third-order valence-electron chi connectivity index (χ3n) is 3.86. The average Bonchev–Trinajstić information content (AvgIpc) is 2.53. The van der Waals surface area contributed by atoms with Crippen LogP contribution < -0.4 is 5.11 Å². The predicted octanol–water partition coefficient (Wildman–Crippen LogP) is 1.35. The van der Waals surface area contributed by atoms with Crippen molar-refractivity contribution in [3.05, 3.63) is 0 Å². The molecule has 154 valence electrons. The summed E-state index contributed by atoms with van der Waals surface area (Å²) >= 11 is 5.59. The number of carboxylic acids is 1. The largest absolute Gasteiger partial charge is 0.550 e. The lowest BCUT2D eigenvalue weighted by Gasteiger charge is -2.41. The summed E-state index contributed by atoms with van der Waals surface area (Å²) in [5.74, 6) is -4.51.